The Morgan fingerprint density at radius 1 is 1.12 bits per heavy atom. The van der Waals surface area contributed by atoms with E-state index >= 15 is 0 Å². The zero-order chi connectivity index (χ0) is 12.1. The van der Waals surface area contributed by atoms with Crippen molar-refractivity contribution >= 4 is 24.0 Å². The van der Waals surface area contributed by atoms with Crippen LogP contribution in [0, 0.1) is 0 Å². The highest BCUT2D eigenvalue weighted by Gasteiger charge is 2.18. The first-order chi connectivity index (χ1) is 8.27. The molecule has 0 saturated carbocycles. The van der Waals surface area contributed by atoms with E-state index < -0.39 is 0 Å². The Bertz CT molecular complexity index is 437. The van der Waals surface area contributed by atoms with Crippen LogP contribution in [0.2, 0.25) is 0 Å². The van der Waals surface area contributed by atoms with E-state index in [2.05, 4.69) is 21.1 Å². The minimum absolute atomic E-state index is 0.0142. The Morgan fingerprint density at radius 2 is 1.88 bits per heavy atom. The average molecular weight is 232 g/mol. The second kappa shape index (κ2) is 5.20. The minimum Gasteiger partial charge on any atom is -0.299 e. The number of hydrazone groups is 2. The topological polar surface area (TPSA) is 82.9 Å². The van der Waals surface area contributed by atoms with Gasteiger partial charge in [-0.15, -0.1) is 0 Å². The summed E-state index contributed by atoms with van der Waals surface area (Å²) in [5.41, 5.74) is 5.36. The molecule has 6 nitrogen and oxygen atoms in total. The SMILES string of the molecule is O=C1C=NNC1/C=C/C=C/CC1NN=CC1=O. The number of carbonyl (C=O) groups is 2. The highest BCUT2D eigenvalue weighted by atomic mass is 16.1. The maximum absolute atomic E-state index is 11.2. The molecule has 0 aliphatic carbocycles. The van der Waals surface area contributed by atoms with E-state index in [1.54, 1.807) is 18.2 Å². The molecular formula is C11H12N4O2. The zero-order valence-electron chi connectivity index (χ0n) is 9.04. The second-order valence-corrected chi connectivity index (χ2v) is 3.66. The van der Waals surface area contributed by atoms with E-state index in [1.807, 2.05) is 6.08 Å². The first-order valence-electron chi connectivity index (χ1n) is 5.25. The summed E-state index contributed by atoms with van der Waals surface area (Å²) in [6.07, 6.45) is 10.2. The molecule has 0 spiro atoms. The van der Waals surface area contributed by atoms with Crippen molar-refractivity contribution in [2.24, 2.45) is 10.2 Å². The first-order valence-corrected chi connectivity index (χ1v) is 5.25. The van der Waals surface area contributed by atoms with Gasteiger partial charge in [-0.1, -0.05) is 24.3 Å². The molecule has 0 bridgehead atoms. The number of carbonyl (C=O) groups excluding carboxylic acids is 2. The highest BCUT2D eigenvalue weighted by Crippen LogP contribution is 2.00. The first kappa shape index (κ1) is 11.3. The van der Waals surface area contributed by atoms with Crippen LogP contribution in [0.25, 0.3) is 0 Å². The Labute approximate surface area is 98.2 Å². The lowest BCUT2D eigenvalue weighted by Crippen LogP contribution is -2.26. The van der Waals surface area contributed by atoms with E-state index in [-0.39, 0.29) is 23.7 Å². The van der Waals surface area contributed by atoms with Gasteiger partial charge < -0.3 is 0 Å². The summed E-state index contributed by atoms with van der Waals surface area (Å²) in [7, 11) is 0. The molecule has 2 atom stereocenters. The third-order valence-electron chi connectivity index (χ3n) is 2.40. The Hall–Kier alpha value is -2.24. The van der Waals surface area contributed by atoms with E-state index in [4.69, 9.17) is 0 Å². The van der Waals surface area contributed by atoms with Gasteiger partial charge in [0.2, 0.25) is 5.78 Å². The van der Waals surface area contributed by atoms with Crippen LogP contribution >= 0.6 is 0 Å². The lowest BCUT2D eigenvalue weighted by atomic mass is 10.1. The van der Waals surface area contributed by atoms with Gasteiger partial charge in [0.25, 0.3) is 0 Å². The summed E-state index contributed by atoms with van der Waals surface area (Å²) in [5.74, 6) is -0.0737. The Balaban J connectivity index is 1.73. The molecule has 2 aliphatic rings. The summed E-state index contributed by atoms with van der Waals surface area (Å²) in [4.78, 5) is 22.3. The van der Waals surface area contributed by atoms with Crippen LogP contribution in [-0.2, 0) is 9.59 Å². The van der Waals surface area contributed by atoms with E-state index in [1.165, 1.54) is 12.4 Å². The van der Waals surface area contributed by atoms with Gasteiger partial charge in [0.05, 0.1) is 12.4 Å². The molecule has 0 aromatic rings. The molecule has 88 valence electrons. The standard InChI is InChI=1S/C11H12N4O2/c16-10-6-12-14-8(10)4-2-1-3-5-9-11(17)7-13-15-9/h1-4,6-9,14-15H,5H2/b3-1+,4-2+. The smallest absolute Gasteiger partial charge is 0.203 e. The summed E-state index contributed by atoms with van der Waals surface area (Å²) < 4.78 is 0. The van der Waals surface area contributed by atoms with Crippen LogP contribution in [0.3, 0.4) is 0 Å². The van der Waals surface area contributed by atoms with Crippen LogP contribution in [0.4, 0.5) is 0 Å². The van der Waals surface area contributed by atoms with Crippen molar-refractivity contribution in [2.75, 3.05) is 0 Å². The van der Waals surface area contributed by atoms with Gasteiger partial charge in [0.15, 0.2) is 5.78 Å². The monoisotopic (exact) mass is 232 g/mol. The van der Waals surface area contributed by atoms with Crippen molar-refractivity contribution in [3.05, 3.63) is 24.3 Å². The third-order valence-corrected chi connectivity index (χ3v) is 2.40. The largest absolute Gasteiger partial charge is 0.299 e. The zero-order valence-corrected chi connectivity index (χ0v) is 9.04. The minimum atomic E-state index is -0.366. The van der Waals surface area contributed by atoms with Crippen LogP contribution in [-0.4, -0.2) is 36.1 Å². The lowest BCUT2D eigenvalue weighted by Gasteiger charge is -2.02. The highest BCUT2D eigenvalue weighted by molar-refractivity contribution is 6.32. The van der Waals surface area contributed by atoms with Gasteiger partial charge >= 0.3 is 0 Å². The fourth-order valence-corrected chi connectivity index (χ4v) is 1.44. The van der Waals surface area contributed by atoms with Crippen molar-refractivity contribution in [3.8, 4) is 0 Å². The normalized spacial score (nSPS) is 27.3. The molecule has 0 saturated heterocycles. The van der Waals surface area contributed by atoms with Gasteiger partial charge in [-0.05, 0) is 6.42 Å². The summed E-state index contributed by atoms with van der Waals surface area (Å²) in [6.45, 7) is 0. The van der Waals surface area contributed by atoms with E-state index in [0.29, 0.717) is 6.42 Å². The van der Waals surface area contributed by atoms with Crippen molar-refractivity contribution in [3.63, 3.8) is 0 Å². The lowest BCUT2D eigenvalue weighted by molar-refractivity contribution is -0.114. The molecule has 0 aromatic heterocycles. The summed E-state index contributed by atoms with van der Waals surface area (Å²) >= 11 is 0. The quantitative estimate of drug-likeness (QED) is 0.643. The Kier molecular flexibility index (Phi) is 3.44. The molecule has 17 heavy (non-hydrogen) atoms. The van der Waals surface area contributed by atoms with Crippen molar-refractivity contribution in [2.45, 2.75) is 18.5 Å². The number of hydrogen-bond donors (Lipinski definition) is 2. The molecule has 0 fully saturated rings. The van der Waals surface area contributed by atoms with Crippen molar-refractivity contribution in [1.29, 1.82) is 0 Å². The molecule has 6 heteroatoms. The van der Waals surface area contributed by atoms with Gasteiger partial charge in [0.1, 0.15) is 12.1 Å². The molecule has 0 aromatic carbocycles. The maximum atomic E-state index is 11.2. The van der Waals surface area contributed by atoms with Crippen LogP contribution in [0.5, 0.6) is 0 Å². The summed E-state index contributed by atoms with van der Waals surface area (Å²) in [5, 5.41) is 7.32. The van der Waals surface area contributed by atoms with Crippen molar-refractivity contribution in [1.82, 2.24) is 10.9 Å². The fourth-order valence-electron chi connectivity index (χ4n) is 1.44. The van der Waals surface area contributed by atoms with Gasteiger partial charge in [-0.3, -0.25) is 20.4 Å². The van der Waals surface area contributed by atoms with E-state index in [0.717, 1.165) is 0 Å². The second-order valence-electron chi connectivity index (χ2n) is 3.66. The van der Waals surface area contributed by atoms with Gasteiger partial charge in [-0.2, -0.15) is 10.2 Å². The number of allylic oxidation sites excluding steroid dienone is 2. The predicted molar refractivity (Wildman–Crippen MR) is 63.7 cm³/mol. The van der Waals surface area contributed by atoms with Crippen LogP contribution in [0.15, 0.2) is 34.5 Å². The van der Waals surface area contributed by atoms with E-state index in [9.17, 15) is 9.59 Å². The molecule has 0 radical (unpaired) electrons. The predicted octanol–water partition coefficient (Wildman–Crippen LogP) is -0.458. The summed E-state index contributed by atoms with van der Waals surface area (Å²) in [6, 6.07) is -0.622. The number of Topliss-reactive ketones (excluding diaryl/α,β-unsaturated/α-hetero) is 2. The molecular weight excluding hydrogens is 220 g/mol. The number of rotatable bonds is 4. The van der Waals surface area contributed by atoms with Crippen molar-refractivity contribution < 1.29 is 9.59 Å². The van der Waals surface area contributed by atoms with Crippen LogP contribution in [0.1, 0.15) is 6.42 Å². The Morgan fingerprint density at radius 3 is 2.53 bits per heavy atom. The molecule has 2 heterocycles. The number of ketones is 2. The molecule has 2 unspecified atom stereocenters. The van der Waals surface area contributed by atoms with Crippen LogP contribution < -0.4 is 10.9 Å². The third kappa shape index (κ3) is 2.87. The van der Waals surface area contributed by atoms with Gasteiger partial charge in [0, 0.05) is 0 Å². The molecule has 2 aliphatic heterocycles. The molecule has 2 rings (SSSR count). The maximum Gasteiger partial charge on any atom is 0.203 e. The molecule has 2 N–H and O–H groups in total. The number of hydrogen-bond acceptors (Lipinski definition) is 6. The molecule has 0 amide bonds. The number of nitrogens with one attached hydrogen (secondary N) is 2. The number of nitrogens with zero attached hydrogens (tertiary/aromatic N) is 2. The average Bonchev–Trinajstić information content (AvgIpc) is 2.89. The fraction of sp³-hybridized carbons (Fsp3) is 0.273. The van der Waals surface area contributed by atoms with Gasteiger partial charge in [-0.25, -0.2) is 0 Å².